The van der Waals surface area contributed by atoms with Gasteiger partial charge in [0, 0.05) is 17.5 Å². The van der Waals surface area contributed by atoms with Crippen molar-refractivity contribution < 1.29 is 18.7 Å². The standard InChI is InChI=1S/C30H29BrN4O5S2/c1-6-8-21-25(28(37)39-7-2)26(18-9-11-22(38-5)20(31)14-18)35-27(36)23(41-30(35)34-21)15-19-10-12-24(40-19)42-29-32-16(3)13-17(4)33-29/h9-15,26H,6-8H2,1-5H3/b23-15+/t26-/m0/s1. The predicted octanol–water partition coefficient (Wildman–Crippen LogP) is 5.50. The molecule has 0 radical (unpaired) electrons. The lowest BCUT2D eigenvalue weighted by Gasteiger charge is -2.26. The molecular weight excluding hydrogens is 640 g/mol. The van der Waals surface area contributed by atoms with Crippen LogP contribution in [0.3, 0.4) is 0 Å². The molecule has 1 atom stereocenters. The predicted molar refractivity (Wildman–Crippen MR) is 165 cm³/mol. The third-order valence-electron chi connectivity index (χ3n) is 6.41. The Balaban J connectivity index is 1.62. The Morgan fingerprint density at radius 2 is 1.93 bits per heavy atom. The molecule has 4 heterocycles. The van der Waals surface area contributed by atoms with Gasteiger partial charge < -0.3 is 13.9 Å². The summed E-state index contributed by atoms with van der Waals surface area (Å²) in [6.07, 6.45) is 3.03. The largest absolute Gasteiger partial charge is 0.496 e. The van der Waals surface area contributed by atoms with E-state index in [1.807, 2.05) is 45.0 Å². The van der Waals surface area contributed by atoms with Gasteiger partial charge in [-0.3, -0.25) is 9.36 Å². The van der Waals surface area contributed by atoms with Gasteiger partial charge in [0.1, 0.15) is 11.5 Å². The molecule has 42 heavy (non-hydrogen) atoms. The van der Waals surface area contributed by atoms with E-state index >= 15 is 0 Å². The molecule has 1 aliphatic heterocycles. The first-order valence-corrected chi connectivity index (χ1v) is 15.8. The zero-order valence-corrected chi connectivity index (χ0v) is 27.0. The number of aromatic nitrogens is 3. The van der Waals surface area contributed by atoms with E-state index < -0.39 is 12.0 Å². The molecule has 9 nitrogen and oxygen atoms in total. The highest BCUT2D eigenvalue weighted by molar-refractivity contribution is 9.10. The smallest absolute Gasteiger partial charge is 0.338 e. The molecule has 0 spiro atoms. The molecule has 0 amide bonds. The molecule has 0 fully saturated rings. The molecule has 0 aliphatic carbocycles. The summed E-state index contributed by atoms with van der Waals surface area (Å²) in [6.45, 7) is 7.83. The van der Waals surface area contributed by atoms with Crippen LogP contribution >= 0.6 is 39.0 Å². The van der Waals surface area contributed by atoms with Crippen LogP contribution in [0.15, 0.2) is 76.6 Å². The van der Waals surface area contributed by atoms with Gasteiger partial charge in [0.05, 0.1) is 40.0 Å². The Morgan fingerprint density at radius 1 is 1.17 bits per heavy atom. The normalized spacial score (nSPS) is 15.0. The van der Waals surface area contributed by atoms with Crippen LogP contribution in [0.2, 0.25) is 0 Å². The van der Waals surface area contributed by atoms with E-state index in [0.717, 1.165) is 23.4 Å². The van der Waals surface area contributed by atoms with E-state index in [0.29, 0.717) is 53.3 Å². The number of hydrogen-bond acceptors (Lipinski definition) is 10. The van der Waals surface area contributed by atoms with Gasteiger partial charge in [0.25, 0.3) is 5.56 Å². The lowest BCUT2D eigenvalue weighted by molar-refractivity contribution is -0.139. The van der Waals surface area contributed by atoms with Crippen molar-refractivity contribution in [1.29, 1.82) is 0 Å². The zero-order valence-electron chi connectivity index (χ0n) is 23.8. The number of carbonyl (C=O) groups is 1. The van der Waals surface area contributed by atoms with E-state index in [9.17, 15) is 9.59 Å². The summed E-state index contributed by atoms with van der Waals surface area (Å²) in [6, 6.07) is 10.3. The van der Waals surface area contributed by atoms with Crippen molar-refractivity contribution in [1.82, 2.24) is 14.5 Å². The van der Waals surface area contributed by atoms with Crippen LogP contribution in [0.4, 0.5) is 0 Å². The van der Waals surface area contributed by atoms with Crippen LogP contribution in [-0.4, -0.2) is 34.2 Å². The number of benzene rings is 1. The molecule has 218 valence electrons. The highest BCUT2D eigenvalue weighted by Gasteiger charge is 2.34. The molecule has 0 unspecified atom stereocenters. The molecular formula is C30H29BrN4O5S2. The first-order valence-electron chi connectivity index (χ1n) is 13.4. The van der Waals surface area contributed by atoms with Gasteiger partial charge in [-0.25, -0.2) is 19.8 Å². The Morgan fingerprint density at radius 3 is 2.60 bits per heavy atom. The van der Waals surface area contributed by atoms with Crippen molar-refractivity contribution in [2.24, 2.45) is 4.99 Å². The molecule has 12 heteroatoms. The second-order valence-corrected chi connectivity index (χ2v) is 12.3. The number of nitrogens with zero attached hydrogens (tertiary/aromatic N) is 4. The maximum atomic E-state index is 14.0. The molecule has 0 saturated carbocycles. The highest BCUT2D eigenvalue weighted by atomic mass is 79.9. The summed E-state index contributed by atoms with van der Waals surface area (Å²) in [7, 11) is 1.58. The number of allylic oxidation sites excluding steroid dienone is 1. The number of thiazole rings is 1. The molecule has 1 aliphatic rings. The summed E-state index contributed by atoms with van der Waals surface area (Å²) in [4.78, 5) is 41.6. The van der Waals surface area contributed by atoms with Crippen molar-refractivity contribution in [2.75, 3.05) is 13.7 Å². The number of hydrogen-bond donors (Lipinski definition) is 0. The Hall–Kier alpha value is -3.48. The van der Waals surface area contributed by atoms with Gasteiger partial charge in [0.15, 0.2) is 15.1 Å². The number of aryl methyl sites for hydroxylation is 2. The quantitative estimate of drug-likeness (QED) is 0.170. The van der Waals surface area contributed by atoms with Crippen molar-refractivity contribution >= 4 is 51.1 Å². The Kier molecular flexibility index (Phi) is 9.14. The van der Waals surface area contributed by atoms with Gasteiger partial charge in [-0.1, -0.05) is 30.7 Å². The maximum Gasteiger partial charge on any atom is 0.338 e. The molecule has 0 N–H and O–H groups in total. The fourth-order valence-corrected chi connectivity index (χ4v) is 7.11. The Labute approximate surface area is 259 Å². The summed E-state index contributed by atoms with van der Waals surface area (Å²) < 4.78 is 19.6. The van der Waals surface area contributed by atoms with Gasteiger partial charge in [-0.15, -0.1) is 0 Å². The topological polar surface area (TPSA) is 109 Å². The lowest BCUT2D eigenvalue weighted by atomic mass is 9.94. The lowest BCUT2D eigenvalue weighted by Crippen LogP contribution is -2.40. The minimum atomic E-state index is -0.726. The Bertz CT molecular complexity index is 1850. The minimum absolute atomic E-state index is 0.206. The number of esters is 1. The van der Waals surface area contributed by atoms with Crippen LogP contribution in [0, 0.1) is 13.8 Å². The van der Waals surface area contributed by atoms with Gasteiger partial charge in [-0.2, -0.15) is 0 Å². The number of rotatable bonds is 9. The fraction of sp³-hybridized carbons (Fsp3) is 0.300. The number of halogens is 1. The first kappa shape index (κ1) is 30.0. The minimum Gasteiger partial charge on any atom is -0.496 e. The number of ether oxygens (including phenoxy) is 2. The summed E-state index contributed by atoms with van der Waals surface area (Å²) in [5, 5.41) is 1.20. The van der Waals surface area contributed by atoms with E-state index in [4.69, 9.17) is 18.9 Å². The van der Waals surface area contributed by atoms with Crippen LogP contribution in [0.1, 0.15) is 55.4 Å². The average Bonchev–Trinajstić information content (AvgIpc) is 3.50. The van der Waals surface area contributed by atoms with Crippen LogP contribution in [0.5, 0.6) is 5.75 Å². The average molecular weight is 670 g/mol. The van der Waals surface area contributed by atoms with Crippen molar-refractivity contribution in [2.45, 2.75) is 56.8 Å². The van der Waals surface area contributed by atoms with Crippen LogP contribution in [0.25, 0.3) is 6.08 Å². The first-order chi connectivity index (χ1) is 20.2. The number of fused-ring (bicyclic) bond motifs is 1. The van der Waals surface area contributed by atoms with Gasteiger partial charge >= 0.3 is 5.97 Å². The van der Waals surface area contributed by atoms with Crippen molar-refractivity contribution in [3.8, 4) is 5.75 Å². The van der Waals surface area contributed by atoms with Crippen molar-refractivity contribution in [3.05, 3.63) is 94.5 Å². The molecule has 5 rings (SSSR count). The summed E-state index contributed by atoms with van der Waals surface area (Å²) >= 11 is 6.12. The second kappa shape index (κ2) is 12.8. The summed E-state index contributed by atoms with van der Waals surface area (Å²) in [5.74, 6) is 0.658. The fourth-order valence-electron chi connectivity index (χ4n) is 4.71. The number of methoxy groups -OCH3 is 1. The van der Waals surface area contributed by atoms with E-state index in [1.54, 1.807) is 36.8 Å². The van der Waals surface area contributed by atoms with Crippen molar-refractivity contribution in [3.63, 3.8) is 0 Å². The third-order valence-corrected chi connectivity index (χ3v) is 8.80. The summed E-state index contributed by atoms with van der Waals surface area (Å²) in [5.41, 5.74) is 3.18. The molecule has 3 aromatic heterocycles. The SMILES string of the molecule is CCCC1=C(C(=O)OCC)[C@H](c2ccc(OC)c(Br)c2)n2c(s/c(=C/c3ccc(Sc4nc(C)cc(C)n4)o3)c2=O)=N1. The third kappa shape index (κ3) is 6.16. The number of furan rings is 1. The van der Waals surface area contributed by atoms with E-state index in [2.05, 4.69) is 25.9 Å². The van der Waals surface area contributed by atoms with E-state index in [1.165, 1.54) is 23.1 Å². The maximum absolute atomic E-state index is 14.0. The van der Waals surface area contributed by atoms with Crippen LogP contribution < -0.4 is 19.6 Å². The zero-order chi connectivity index (χ0) is 30.0. The second-order valence-electron chi connectivity index (χ2n) is 9.50. The number of carbonyl (C=O) groups excluding carboxylic acids is 1. The molecule has 1 aromatic carbocycles. The van der Waals surface area contributed by atoms with Gasteiger partial charge in [0.2, 0.25) is 0 Å². The van der Waals surface area contributed by atoms with Gasteiger partial charge in [-0.05, 0) is 90.8 Å². The highest BCUT2D eigenvalue weighted by Crippen LogP contribution is 2.36. The molecule has 0 saturated heterocycles. The monoisotopic (exact) mass is 668 g/mol. The molecule has 0 bridgehead atoms. The van der Waals surface area contributed by atoms with E-state index in [-0.39, 0.29) is 12.2 Å². The van der Waals surface area contributed by atoms with Crippen LogP contribution in [-0.2, 0) is 9.53 Å². The molecule has 4 aromatic rings.